The van der Waals surface area contributed by atoms with E-state index in [1.54, 1.807) is 0 Å². The highest BCUT2D eigenvalue weighted by molar-refractivity contribution is 9.10. The van der Waals surface area contributed by atoms with Gasteiger partial charge in [0.25, 0.3) is 9.05 Å². The molecule has 9 heteroatoms. The Morgan fingerprint density at radius 3 is 2.12 bits per heavy atom. The van der Waals surface area contributed by atoms with E-state index in [1.165, 1.54) is 0 Å². The third-order valence-corrected chi connectivity index (χ3v) is 4.05. The van der Waals surface area contributed by atoms with Crippen LogP contribution in [0.15, 0.2) is 21.5 Å². The molecule has 0 amide bonds. The third-order valence-electron chi connectivity index (χ3n) is 1.60. The van der Waals surface area contributed by atoms with Gasteiger partial charge in [0.05, 0.1) is 9.37 Å². The van der Waals surface area contributed by atoms with Gasteiger partial charge in [0.1, 0.15) is 11.4 Å². The summed E-state index contributed by atoms with van der Waals surface area (Å²) in [5, 5.41) is 0. The van der Waals surface area contributed by atoms with Crippen LogP contribution in [0.3, 0.4) is 0 Å². The van der Waals surface area contributed by atoms with Crippen LogP contribution in [-0.2, 0) is 15.2 Å². The minimum Gasteiger partial charge on any atom is -0.207 e. The van der Waals surface area contributed by atoms with Crippen LogP contribution in [0.5, 0.6) is 0 Å². The first-order valence-corrected chi connectivity index (χ1v) is 6.65. The Morgan fingerprint density at radius 2 is 1.75 bits per heavy atom. The molecule has 90 valence electrons. The lowest BCUT2D eigenvalue weighted by Gasteiger charge is -2.11. The Kier molecular flexibility index (Phi) is 3.56. The van der Waals surface area contributed by atoms with Crippen molar-refractivity contribution in [2.24, 2.45) is 0 Å². The average molecular weight is 342 g/mol. The van der Waals surface area contributed by atoms with Crippen LogP contribution in [0.25, 0.3) is 0 Å². The predicted octanol–water partition coefficient (Wildman–Crippen LogP) is 3.53. The van der Waals surface area contributed by atoms with E-state index in [2.05, 4.69) is 15.9 Å². The van der Waals surface area contributed by atoms with Crippen molar-refractivity contribution in [2.75, 3.05) is 0 Å². The van der Waals surface area contributed by atoms with Crippen LogP contribution in [0.4, 0.5) is 17.6 Å². The third kappa shape index (κ3) is 2.67. The Morgan fingerprint density at radius 1 is 1.25 bits per heavy atom. The topological polar surface area (TPSA) is 34.1 Å². The SMILES string of the molecule is O=S(=O)(Cl)c1ccc(F)c(C(F)(F)F)c1Br. The highest BCUT2D eigenvalue weighted by atomic mass is 79.9. The molecule has 0 bridgehead atoms. The number of hydrogen-bond acceptors (Lipinski definition) is 2. The van der Waals surface area contributed by atoms with Crippen molar-refractivity contribution < 1.29 is 26.0 Å². The summed E-state index contributed by atoms with van der Waals surface area (Å²) in [4.78, 5) is -0.831. The number of benzene rings is 1. The zero-order valence-electron chi connectivity index (χ0n) is 7.15. The molecule has 1 rings (SSSR count). The molecule has 0 aliphatic carbocycles. The molecule has 0 atom stereocenters. The molecule has 0 aliphatic rings. The van der Waals surface area contributed by atoms with Gasteiger partial charge in [0, 0.05) is 10.7 Å². The van der Waals surface area contributed by atoms with E-state index < -0.39 is 36.0 Å². The maximum Gasteiger partial charge on any atom is 0.420 e. The highest BCUT2D eigenvalue weighted by Crippen LogP contribution is 2.40. The molecule has 0 N–H and O–H groups in total. The quantitative estimate of drug-likeness (QED) is 0.578. The van der Waals surface area contributed by atoms with E-state index in [9.17, 15) is 26.0 Å². The number of hydrogen-bond donors (Lipinski definition) is 0. The maximum atomic E-state index is 12.9. The Labute approximate surface area is 101 Å². The summed E-state index contributed by atoms with van der Waals surface area (Å²) < 4.78 is 70.9. The zero-order chi connectivity index (χ0) is 12.7. The van der Waals surface area contributed by atoms with E-state index >= 15 is 0 Å². The minimum absolute atomic E-state index is 0.392. The number of alkyl halides is 3. The largest absolute Gasteiger partial charge is 0.420 e. The lowest BCUT2D eigenvalue weighted by atomic mass is 10.2. The molecule has 0 fully saturated rings. The monoisotopic (exact) mass is 340 g/mol. The molecule has 0 radical (unpaired) electrons. The van der Waals surface area contributed by atoms with Gasteiger partial charge in [-0.2, -0.15) is 13.2 Å². The molecule has 0 aromatic heterocycles. The van der Waals surface area contributed by atoms with Crippen LogP contribution in [0, 0.1) is 5.82 Å². The summed E-state index contributed by atoms with van der Waals surface area (Å²) >= 11 is 2.38. The van der Waals surface area contributed by atoms with Crippen LogP contribution in [0.2, 0.25) is 0 Å². The van der Waals surface area contributed by atoms with Crippen molar-refractivity contribution in [3.63, 3.8) is 0 Å². The van der Waals surface area contributed by atoms with Crippen molar-refractivity contribution in [1.82, 2.24) is 0 Å². The first-order chi connectivity index (χ1) is 7.05. The summed E-state index contributed by atoms with van der Waals surface area (Å²) in [6.07, 6.45) is -5.01. The van der Waals surface area contributed by atoms with Gasteiger partial charge in [-0.1, -0.05) is 0 Å². The summed E-state index contributed by atoms with van der Waals surface area (Å²) in [6.45, 7) is 0. The van der Waals surface area contributed by atoms with Crippen LogP contribution in [-0.4, -0.2) is 8.42 Å². The number of rotatable bonds is 1. The molecule has 0 aliphatic heterocycles. The van der Waals surface area contributed by atoms with Gasteiger partial charge >= 0.3 is 6.18 Å². The standard InChI is InChI=1S/C7H2BrClF4O2S/c8-6-4(16(9,14)15)2-1-3(10)5(6)7(11,12)13/h1-2H. The first kappa shape index (κ1) is 13.7. The molecule has 0 saturated heterocycles. The normalized spacial score (nSPS) is 12.9. The summed E-state index contributed by atoms with van der Waals surface area (Å²) in [5.41, 5.74) is -1.70. The molecule has 2 nitrogen and oxygen atoms in total. The Bertz CT molecular complexity index is 526. The first-order valence-electron chi connectivity index (χ1n) is 3.55. The van der Waals surface area contributed by atoms with Gasteiger partial charge in [0.2, 0.25) is 0 Å². The minimum atomic E-state index is -5.01. The van der Waals surface area contributed by atoms with Crippen molar-refractivity contribution in [2.45, 2.75) is 11.1 Å². The van der Waals surface area contributed by atoms with E-state index in [1.807, 2.05) is 0 Å². The summed E-state index contributed by atoms with van der Waals surface area (Å²) in [5.74, 6) is -1.58. The van der Waals surface area contributed by atoms with E-state index in [4.69, 9.17) is 10.7 Å². The summed E-state index contributed by atoms with van der Waals surface area (Å²) in [7, 11) is 0.516. The van der Waals surface area contributed by atoms with Crippen LogP contribution in [0.1, 0.15) is 5.56 Å². The van der Waals surface area contributed by atoms with Gasteiger partial charge in [-0.3, -0.25) is 0 Å². The van der Waals surface area contributed by atoms with E-state index in [0.717, 1.165) is 0 Å². The van der Waals surface area contributed by atoms with Crippen molar-refractivity contribution in [1.29, 1.82) is 0 Å². The Hall–Kier alpha value is -0.340. The molecule has 0 spiro atoms. The van der Waals surface area contributed by atoms with Gasteiger partial charge in [-0.05, 0) is 28.1 Å². The maximum absolute atomic E-state index is 12.9. The molecule has 0 unspecified atom stereocenters. The zero-order valence-corrected chi connectivity index (χ0v) is 10.3. The fourth-order valence-corrected chi connectivity index (χ4v) is 3.38. The van der Waals surface area contributed by atoms with Crippen molar-refractivity contribution >= 4 is 35.7 Å². The molecule has 1 aromatic carbocycles. The second-order valence-electron chi connectivity index (χ2n) is 2.67. The predicted molar refractivity (Wildman–Crippen MR) is 52.1 cm³/mol. The van der Waals surface area contributed by atoms with Crippen molar-refractivity contribution in [3.05, 3.63) is 28.0 Å². The summed E-state index contributed by atoms with van der Waals surface area (Å²) in [6, 6.07) is 1.04. The molecule has 0 saturated carbocycles. The lowest BCUT2D eigenvalue weighted by molar-refractivity contribution is -0.140. The fraction of sp³-hybridized carbons (Fsp3) is 0.143. The second-order valence-corrected chi connectivity index (χ2v) is 6.00. The van der Waals surface area contributed by atoms with Gasteiger partial charge < -0.3 is 0 Å². The average Bonchev–Trinajstić information content (AvgIpc) is 1.97. The molecule has 0 heterocycles. The van der Waals surface area contributed by atoms with Gasteiger partial charge in [-0.15, -0.1) is 0 Å². The molecular formula is C7H2BrClF4O2S. The second kappa shape index (κ2) is 4.15. The smallest absolute Gasteiger partial charge is 0.207 e. The molecule has 1 aromatic rings. The van der Waals surface area contributed by atoms with E-state index in [-0.39, 0.29) is 0 Å². The van der Waals surface area contributed by atoms with Crippen LogP contribution < -0.4 is 0 Å². The Balaban J connectivity index is 3.65. The number of halogens is 6. The van der Waals surface area contributed by atoms with E-state index in [0.29, 0.717) is 12.1 Å². The van der Waals surface area contributed by atoms with Crippen molar-refractivity contribution in [3.8, 4) is 0 Å². The van der Waals surface area contributed by atoms with Crippen LogP contribution >= 0.6 is 26.6 Å². The van der Waals surface area contributed by atoms with Gasteiger partial charge in [-0.25, -0.2) is 12.8 Å². The molecular weight excluding hydrogens is 339 g/mol. The highest BCUT2D eigenvalue weighted by Gasteiger charge is 2.38. The molecule has 16 heavy (non-hydrogen) atoms. The van der Waals surface area contributed by atoms with Gasteiger partial charge in [0.15, 0.2) is 0 Å². The lowest BCUT2D eigenvalue weighted by Crippen LogP contribution is -2.11. The fourth-order valence-electron chi connectivity index (χ4n) is 0.982.